The van der Waals surface area contributed by atoms with Gasteiger partial charge in [0.1, 0.15) is 5.54 Å². The Morgan fingerprint density at radius 2 is 2.12 bits per heavy atom. The Balaban J connectivity index is 4.33. The van der Waals surface area contributed by atoms with Crippen LogP contribution in [0.4, 0.5) is 4.79 Å². The molecule has 5 heteroatoms. The van der Waals surface area contributed by atoms with Crippen LogP contribution in [0.15, 0.2) is 0 Å². The summed E-state index contributed by atoms with van der Waals surface area (Å²) in [7, 11) is 0. The molecule has 2 unspecified atom stereocenters. The van der Waals surface area contributed by atoms with E-state index in [4.69, 9.17) is 11.5 Å². The van der Waals surface area contributed by atoms with Crippen LogP contribution in [0.1, 0.15) is 33.6 Å². The van der Waals surface area contributed by atoms with Gasteiger partial charge in [-0.1, -0.05) is 6.92 Å². The van der Waals surface area contributed by atoms with Crippen molar-refractivity contribution in [1.29, 1.82) is 0 Å². The molecule has 0 saturated carbocycles. The van der Waals surface area contributed by atoms with Crippen molar-refractivity contribution in [2.75, 3.05) is 0 Å². The first kappa shape index (κ1) is 14.3. The van der Waals surface area contributed by atoms with E-state index in [0.29, 0.717) is 12.8 Å². The van der Waals surface area contributed by atoms with Gasteiger partial charge in [-0.25, -0.2) is 9.59 Å². The predicted octanol–water partition coefficient (Wildman–Crippen LogP) is 0.951. The number of hydrogen-bond donors (Lipinski definition) is 3. The van der Waals surface area contributed by atoms with Gasteiger partial charge >= 0.3 is 12.0 Å². The van der Waals surface area contributed by atoms with Gasteiger partial charge in [0, 0.05) is 12.5 Å². The Bertz CT molecular complexity index is 309. The summed E-state index contributed by atoms with van der Waals surface area (Å²) in [5.41, 5.74) is -1.25. The van der Waals surface area contributed by atoms with Crippen molar-refractivity contribution in [2.24, 2.45) is 0 Å². The Morgan fingerprint density at radius 3 is 2.50 bits per heavy atom. The van der Waals surface area contributed by atoms with E-state index >= 15 is 0 Å². The van der Waals surface area contributed by atoms with Crippen LogP contribution in [0.5, 0.6) is 0 Å². The lowest BCUT2D eigenvalue weighted by Gasteiger charge is -2.25. The fraction of sp³-hybridized carbons (Fsp3) is 0.636. The molecule has 0 aliphatic heterocycles. The molecule has 0 aliphatic rings. The standard InChI is InChI=1S/C11H18N2O3/c1-5-7-8(3)12-10(16)13-11(4,6-2)9(14)15/h1,8H,6-7H2,2-4H3,(H,14,15)(H2,12,13,16). The molecule has 0 heterocycles. The van der Waals surface area contributed by atoms with Crippen molar-refractivity contribution < 1.29 is 14.7 Å². The van der Waals surface area contributed by atoms with E-state index in [1.807, 2.05) is 0 Å². The minimum absolute atomic E-state index is 0.181. The number of amides is 2. The minimum atomic E-state index is -1.25. The molecule has 0 radical (unpaired) electrons. The van der Waals surface area contributed by atoms with Crippen LogP contribution >= 0.6 is 0 Å². The average Bonchev–Trinajstić information content (AvgIpc) is 2.17. The molecule has 0 spiro atoms. The van der Waals surface area contributed by atoms with Gasteiger partial charge < -0.3 is 15.7 Å². The first-order chi connectivity index (χ1) is 7.35. The van der Waals surface area contributed by atoms with E-state index in [-0.39, 0.29) is 6.04 Å². The van der Waals surface area contributed by atoms with E-state index in [9.17, 15) is 9.59 Å². The van der Waals surface area contributed by atoms with Crippen molar-refractivity contribution in [1.82, 2.24) is 10.6 Å². The maximum Gasteiger partial charge on any atom is 0.329 e. The SMILES string of the molecule is C#CCC(C)NC(=O)NC(C)(CC)C(=O)O. The van der Waals surface area contributed by atoms with Gasteiger partial charge in [0.2, 0.25) is 0 Å². The van der Waals surface area contributed by atoms with Crippen molar-refractivity contribution in [3.8, 4) is 12.3 Å². The number of hydrogen-bond acceptors (Lipinski definition) is 2. The van der Waals surface area contributed by atoms with Gasteiger partial charge in [-0.2, -0.15) is 0 Å². The molecule has 16 heavy (non-hydrogen) atoms. The lowest BCUT2D eigenvalue weighted by atomic mass is 10.00. The monoisotopic (exact) mass is 226 g/mol. The minimum Gasteiger partial charge on any atom is -0.480 e. The molecule has 5 nitrogen and oxygen atoms in total. The molecular weight excluding hydrogens is 208 g/mol. The van der Waals surface area contributed by atoms with Crippen molar-refractivity contribution in [3.63, 3.8) is 0 Å². The van der Waals surface area contributed by atoms with Crippen LogP contribution in [0.2, 0.25) is 0 Å². The normalized spacial score (nSPS) is 15.4. The fourth-order valence-electron chi connectivity index (χ4n) is 1.03. The van der Waals surface area contributed by atoms with Crippen LogP contribution in [0.3, 0.4) is 0 Å². The molecule has 90 valence electrons. The molecule has 0 aliphatic carbocycles. The Kier molecular flexibility index (Phi) is 5.37. The summed E-state index contributed by atoms with van der Waals surface area (Å²) in [4.78, 5) is 22.4. The molecule has 0 bridgehead atoms. The number of carboxylic acid groups (broad SMARTS) is 1. The summed E-state index contributed by atoms with van der Waals surface area (Å²) in [6.07, 6.45) is 5.80. The molecule has 0 aromatic rings. The van der Waals surface area contributed by atoms with Gasteiger partial charge in [0.15, 0.2) is 0 Å². The number of rotatable bonds is 5. The Morgan fingerprint density at radius 1 is 1.56 bits per heavy atom. The Labute approximate surface area is 95.6 Å². The maximum absolute atomic E-state index is 11.5. The van der Waals surface area contributed by atoms with Crippen molar-refractivity contribution in [3.05, 3.63) is 0 Å². The molecule has 0 fully saturated rings. The van der Waals surface area contributed by atoms with Crippen LogP contribution in [-0.4, -0.2) is 28.7 Å². The zero-order chi connectivity index (χ0) is 12.8. The smallest absolute Gasteiger partial charge is 0.329 e. The summed E-state index contributed by atoms with van der Waals surface area (Å²) in [6.45, 7) is 4.91. The zero-order valence-electron chi connectivity index (χ0n) is 9.83. The number of urea groups is 1. The second-order valence-electron chi connectivity index (χ2n) is 3.90. The second-order valence-corrected chi connectivity index (χ2v) is 3.90. The quantitative estimate of drug-likeness (QED) is 0.611. The predicted molar refractivity (Wildman–Crippen MR) is 60.9 cm³/mol. The number of nitrogens with one attached hydrogen (secondary N) is 2. The molecule has 0 aromatic heterocycles. The summed E-state index contributed by atoms with van der Waals surface area (Å²) < 4.78 is 0. The largest absolute Gasteiger partial charge is 0.480 e. The lowest BCUT2D eigenvalue weighted by molar-refractivity contribution is -0.143. The number of carbonyl (C=O) groups excluding carboxylic acids is 1. The highest BCUT2D eigenvalue weighted by Gasteiger charge is 2.32. The van der Waals surface area contributed by atoms with Gasteiger partial charge in [0.05, 0.1) is 0 Å². The van der Waals surface area contributed by atoms with E-state index in [1.54, 1.807) is 13.8 Å². The zero-order valence-corrected chi connectivity index (χ0v) is 9.83. The molecule has 3 N–H and O–H groups in total. The van der Waals surface area contributed by atoms with E-state index in [0.717, 1.165) is 0 Å². The van der Waals surface area contributed by atoms with Gasteiger partial charge in [0.25, 0.3) is 0 Å². The highest BCUT2D eigenvalue weighted by molar-refractivity contribution is 5.85. The Hall–Kier alpha value is -1.70. The molecule has 2 amide bonds. The average molecular weight is 226 g/mol. The number of carboxylic acids is 1. The van der Waals surface area contributed by atoms with Crippen LogP contribution in [0, 0.1) is 12.3 Å². The first-order valence-corrected chi connectivity index (χ1v) is 5.11. The van der Waals surface area contributed by atoms with Gasteiger partial charge in [-0.05, 0) is 20.3 Å². The van der Waals surface area contributed by atoms with Crippen LogP contribution < -0.4 is 10.6 Å². The molecule has 0 saturated heterocycles. The summed E-state index contributed by atoms with van der Waals surface area (Å²) in [6, 6.07) is -0.700. The van der Waals surface area contributed by atoms with Crippen LogP contribution in [-0.2, 0) is 4.79 Å². The third kappa shape index (κ3) is 4.22. The molecular formula is C11H18N2O3. The molecule has 0 aromatic carbocycles. The van der Waals surface area contributed by atoms with Gasteiger partial charge in [-0.15, -0.1) is 12.3 Å². The summed E-state index contributed by atoms with van der Waals surface area (Å²) >= 11 is 0. The maximum atomic E-state index is 11.5. The number of aliphatic carboxylic acids is 1. The second kappa shape index (κ2) is 6.01. The van der Waals surface area contributed by atoms with Crippen molar-refractivity contribution >= 4 is 12.0 Å². The fourth-order valence-corrected chi connectivity index (χ4v) is 1.03. The topological polar surface area (TPSA) is 78.4 Å². The van der Waals surface area contributed by atoms with E-state index in [2.05, 4.69) is 16.6 Å². The van der Waals surface area contributed by atoms with Gasteiger partial charge in [-0.3, -0.25) is 0 Å². The third-order valence-corrected chi connectivity index (χ3v) is 2.37. The lowest BCUT2D eigenvalue weighted by Crippen LogP contribution is -2.56. The molecule has 0 rings (SSSR count). The first-order valence-electron chi connectivity index (χ1n) is 5.11. The highest BCUT2D eigenvalue weighted by Crippen LogP contribution is 2.08. The van der Waals surface area contributed by atoms with E-state index < -0.39 is 17.5 Å². The van der Waals surface area contributed by atoms with Crippen molar-refractivity contribution in [2.45, 2.75) is 45.2 Å². The van der Waals surface area contributed by atoms with E-state index in [1.165, 1.54) is 6.92 Å². The summed E-state index contributed by atoms with van der Waals surface area (Å²) in [5.74, 6) is 1.35. The molecule has 2 atom stereocenters. The summed E-state index contributed by atoms with van der Waals surface area (Å²) in [5, 5.41) is 13.9. The third-order valence-electron chi connectivity index (χ3n) is 2.37. The highest BCUT2D eigenvalue weighted by atomic mass is 16.4. The van der Waals surface area contributed by atoms with Crippen LogP contribution in [0.25, 0.3) is 0 Å². The number of carbonyl (C=O) groups is 2. The number of terminal acetylenes is 1.